The van der Waals surface area contributed by atoms with Gasteiger partial charge in [-0.25, -0.2) is 4.39 Å². The van der Waals surface area contributed by atoms with Crippen LogP contribution >= 0.6 is 0 Å². The molecule has 0 bridgehead atoms. The zero-order valence-corrected chi connectivity index (χ0v) is 29.1. The lowest BCUT2D eigenvalue weighted by atomic mass is 9.97. The number of methoxy groups -OCH3 is 1. The van der Waals surface area contributed by atoms with Gasteiger partial charge in [0, 0.05) is 18.4 Å². The molecule has 1 aromatic carbocycles. The fraction of sp³-hybridized carbons (Fsp3) is 0.727. The molecule has 1 heterocycles. The largest absolute Gasteiger partial charge is 0.497 e. The molecular formula is C33H55FO7Si. The summed E-state index contributed by atoms with van der Waals surface area (Å²) in [6, 6.07) is 7.45. The van der Waals surface area contributed by atoms with Crippen LogP contribution < -0.4 is 4.74 Å². The van der Waals surface area contributed by atoms with Crippen molar-refractivity contribution in [2.75, 3.05) is 13.7 Å². The van der Waals surface area contributed by atoms with E-state index in [1.54, 1.807) is 47.8 Å². The number of esters is 1. The number of halogens is 1. The summed E-state index contributed by atoms with van der Waals surface area (Å²) >= 11 is 0. The van der Waals surface area contributed by atoms with Crippen LogP contribution in [0, 0.1) is 11.3 Å². The monoisotopic (exact) mass is 610 g/mol. The molecule has 7 nitrogen and oxygen atoms in total. The zero-order chi connectivity index (χ0) is 32.1. The smallest absolute Gasteiger partial charge is 0.311 e. The van der Waals surface area contributed by atoms with Gasteiger partial charge in [-0.05, 0) is 83.4 Å². The molecule has 0 aliphatic carbocycles. The molecule has 1 aliphatic rings. The van der Waals surface area contributed by atoms with Gasteiger partial charge in [0.25, 0.3) is 0 Å². The van der Waals surface area contributed by atoms with Crippen molar-refractivity contribution >= 4 is 14.3 Å². The number of hydrogen-bond acceptors (Lipinski definition) is 7. The molecule has 0 spiro atoms. The van der Waals surface area contributed by atoms with E-state index in [0.29, 0.717) is 6.42 Å². The van der Waals surface area contributed by atoms with Crippen LogP contribution in [0.15, 0.2) is 36.2 Å². The maximum absolute atomic E-state index is 16.3. The Morgan fingerprint density at radius 3 is 2.19 bits per heavy atom. The van der Waals surface area contributed by atoms with E-state index >= 15 is 4.39 Å². The molecule has 0 saturated carbocycles. The number of hydrogen-bond donors (Lipinski definition) is 0. The highest BCUT2D eigenvalue weighted by molar-refractivity contribution is 6.74. The quantitative estimate of drug-likeness (QED) is 0.166. The molecule has 9 heteroatoms. The second-order valence-corrected chi connectivity index (χ2v) is 19.1. The van der Waals surface area contributed by atoms with Crippen LogP contribution in [0.5, 0.6) is 5.75 Å². The molecule has 240 valence electrons. The van der Waals surface area contributed by atoms with Crippen LogP contribution in [0.4, 0.5) is 4.39 Å². The predicted octanol–water partition coefficient (Wildman–Crippen LogP) is 7.98. The van der Waals surface area contributed by atoms with E-state index in [4.69, 9.17) is 28.1 Å². The summed E-state index contributed by atoms with van der Waals surface area (Å²) in [5.41, 5.74) is 0.245. The van der Waals surface area contributed by atoms with Crippen molar-refractivity contribution < 1.29 is 37.3 Å². The Hall–Kier alpha value is -1.78. The van der Waals surface area contributed by atoms with E-state index < -0.39 is 43.7 Å². The molecule has 1 aliphatic heterocycles. The molecule has 0 radical (unpaired) electrons. The van der Waals surface area contributed by atoms with Crippen molar-refractivity contribution in [1.82, 2.24) is 0 Å². The molecule has 0 N–H and O–H groups in total. The summed E-state index contributed by atoms with van der Waals surface area (Å²) in [6.45, 7) is 24.2. The van der Waals surface area contributed by atoms with Gasteiger partial charge in [-0.2, -0.15) is 0 Å². The fourth-order valence-corrected chi connectivity index (χ4v) is 5.79. The highest BCUT2D eigenvalue weighted by atomic mass is 28.4. The Morgan fingerprint density at radius 1 is 1.07 bits per heavy atom. The minimum absolute atomic E-state index is 0.0392. The van der Waals surface area contributed by atoms with Gasteiger partial charge in [-0.3, -0.25) is 4.79 Å². The van der Waals surface area contributed by atoms with E-state index in [0.717, 1.165) is 11.3 Å². The van der Waals surface area contributed by atoms with Gasteiger partial charge < -0.3 is 28.1 Å². The number of benzene rings is 1. The van der Waals surface area contributed by atoms with Crippen molar-refractivity contribution in [3.63, 3.8) is 0 Å². The zero-order valence-electron chi connectivity index (χ0n) is 28.1. The topological polar surface area (TPSA) is 72.5 Å². The van der Waals surface area contributed by atoms with Gasteiger partial charge in [0.2, 0.25) is 0 Å². The van der Waals surface area contributed by atoms with Gasteiger partial charge in [0.05, 0.1) is 31.8 Å². The molecule has 42 heavy (non-hydrogen) atoms. The second kappa shape index (κ2) is 14.3. The summed E-state index contributed by atoms with van der Waals surface area (Å²) in [5, 5.41) is 0.0392. The van der Waals surface area contributed by atoms with Crippen LogP contribution in [0.3, 0.4) is 0 Å². The van der Waals surface area contributed by atoms with Gasteiger partial charge in [0.1, 0.15) is 23.8 Å². The van der Waals surface area contributed by atoms with E-state index in [9.17, 15) is 4.79 Å². The van der Waals surface area contributed by atoms with Crippen LogP contribution in [-0.4, -0.2) is 58.2 Å². The first-order valence-corrected chi connectivity index (χ1v) is 17.9. The van der Waals surface area contributed by atoms with Gasteiger partial charge in [-0.1, -0.05) is 39.8 Å². The molecule has 1 aromatic rings. The summed E-state index contributed by atoms with van der Waals surface area (Å²) in [7, 11) is -0.441. The van der Waals surface area contributed by atoms with Crippen LogP contribution in [0.2, 0.25) is 18.1 Å². The third-order valence-electron chi connectivity index (χ3n) is 8.08. The highest BCUT2D eigenvalue weighted by Crippen LogP contribution is 2.39. The van der Waals surface area contributed by atoms with E-state index in [1.807, 2.05) is 38.1 Å². The summed E-state index contributed by atoms with van der Waals surface area (Å²) in [6.07, 6.45) is -0.618. The molecule has 1 saturated heterocycles. The van der Waals surface area contributed by atoms with E-state index in [1.165, 1.54) is 0 Å². The lowest BCUT2D eigenvalue weighted by Crippen LogP contribution is -2.44. The Kier molecular flexibility index (Phi) is 12.4. The van der Waals surface area contributed by atoms with E-state index in [-0.39, 0.29) is 36.2 Å². The second-order valence-electron chi connectivity index (χ2n) is 14.4. The molecule has 0 amide bonds. The van der Waals surface area contributed by atoms with E-state index in [2.05, 4.69) is 33.9 Å². The van der Waals surface area contributed by atoms with Crippen LogP contribution in [0.1, 0.15) is 81.2 Å². The summed E-state index contributed by atoms with van der Waals surface area (Å²) in [4.78, 5) is 12.3. The average molecular weight is 611 g/mol. The predicted molar refractivity (Wildman–Crippen MR) is 167 cm³/mol. The number of carbonyl (C=O) groups excluding carboxylic acids is 1. The van der Waals surface area contributed by atoms with Gasteiger partial charge >= 0.3 is 5.97 Å². The molecule has 1 unspecified atom stereocenters. The first-order chi connectivity index (χ1) is 19.2. The third-order valence-corrected chi connectivity index (χ3v) is 12.7. The first-order valence-electron chi connectivity index (χ1n) is 15.0. The third kappa shape index (κ3) is 10.4. The molecule has 1 fully saturated rings. The van der Waals surface area contributed by atoms with Crippen LogP contribution in [-0.2, 0) is 34.8 Å². The van der Waals surface area contributed by atoms with Gasteiger partial charge in [0.15, 0.2) is 14.1 Å². The fourth-order valence-electron chi connectivity index (χ4n) is 4.30. The SMILES string of the molecule is COc1ccc(COC(/C(F)=C\[C@@H](C)[C@H](C)O[Si](C)(C)C(C)(C)C)[C@H]2OC(C)(C)O[C@H]2CCOC(=O)C(C)(C)C)cc1. The summed E-state index contributed by atoms with van der Waals surface area (Å²) in [5.74, 6) is -1.20. The van der Waals surface area contributed by atoms with Crippen molar-refractivity contribution in [3.05, 3.63) is 41.7 Å². The Balaban J connectivity index is 2.32. The van der Waals surface area contributed by atoms with Crippen LogP contribution in [0.25, 0.3) is 0 Å². The number of ether oxygens (including phenoxy) is 5. The van der Waals surface area contributed by atoms with Crippen molar-refractivity contribution in [2.24, 2.45) is 11.3 Å². The Bertz CT molecular complexity index is 1040. The number of carbonyl (C=O) groups is 1. The van der Waals surface area contributed by atoms with Crippen molar-refractivity contribution in [3.8, 4) is 5.75 Å². The minimum Gasteiger partial charge on any atom is -0.497 e. The standard InChI is InChI=1S/C33H55FO7Si/c1-22(23(2)41-42(12,13)32(6,7)8)20-26(34)28(38-21-24-14-16-25(36-11)17-15-24)29-27(39-33(9,10)40-29)18-19-37-30(35)31(3,4)5/h14-17,20,22-23,27-29H,18-19,21H2,1-13H3/b26-20+/t22-,23+,27+,28?,29+/m1/s1. The number of rotatable bonds is 13. The lowest BCUT2D eigenvalue weighted by Gasteiger charge is -2.39. The summed E-state index contributed by atoms with van der Waals surface area (Å²) < 4.78 is 52.3. The molecule has 2 rings (SSSR count). The maximum Gasteiger partial charge on any atom is 0.311 e. The maximum atomic E-state index is 16.3. The van der Waals surface area contributed by atoms with Crippen molar-refractivity contribution in [2.45, 2.75) is 131 Å². The molecule has 5 atom stereocenters. The molecule has 0 aromatic heterocycles. The normalized spacial score (nSPS) is 22.0. The lowest BCUT2D eigenvalue weighted by molar-refractivity contribution is -0.160. The Labute approximate surface area is 254 Å². The first kappa shape index (κ1) is 36.4. The molecular weight excluding hydrogens is 555 g/mol. The minimum atomic E-state index is -2.05. The Morgan fingerprint density at radius 2 is 1.67 bits per heavy atom. The van der Waals surface area contributed by atoms with Crippen molar-refractivity contribution in [1.29, 1.82) is 0 Å². The highest BCUT2D eigenvalue weighted by Gasteiger charge is 2.47. The average Bonchev–Trinajstić information content (AvgIpc) is 3.16. The van der Waals surface area contributed by atoms with Gasteiger partial charge in [-0.15, -0.1) is 0 Å².